The third-order valence-electron chi connectivity index (χ3n) is 9.63. The number of carbonyl (C=O) groups is 1. The van der Waals surface area contributed by atoms with Crippen LogP contribution in [0, 0.1) is 24.7 Å². The Balaban J connectivity index is 0.000000334. The number of hydrogen-bond donors (Lipinski definition) is 3. The molecule has 0 radical (unpaired) electrons. The van der Waals surface area contributed by atoms with E-state index in [1.807, 2.05) is 43.3 Å². The standard InChI is InChI=1S/C30H26ClN5O2.C6H9NO2/c1-17-20(8-6-12-24(17)34-28-26-19(13-14-32-28)16-33-36(2)30(26)37)22-10-5-11-23(27(22)31)25-15-18-7-4-9-21(18)29(35-25)38-3;8-6(9)5-3-1-7-2-4(3)5/h5-6,8,10-16H,4,7,9H2,1-3H3,(H,32,34);3-5,7H,1-2H2,(H,8,9). The van der Waals surface area contributed by atoms with Gasteiger partial charge in [0, 0.05) is 41.0 Å². The first kappa shape index (κ1) is 30.8. The number of nitrogens with zero attached hydrogens (tertiary/aromatic N) is 4. The number of hydrogen-bond acceptors (Lipinski definition) is 8. The highest BCUT2D eigenvalue weighted by Crippen LogP contribution is 2.48. The molecule has 2 fully saturated rings. The Morgan fingerprint density at radius 2 is 1.83 bits per heavy atom. The van der Waals surface area contributed by atoms with Crippen LogP contribution in [0.1, 0.15) is 23.1 Å². The Labute approximate surface area is 276 Å². The lowest BCUT2D eigenvalue weighted by atomic mass is 9.96. The topological polar surface area (TPSA) is 131 Å². The molecule has 0 spiro atoms. The van der Waals surface area contributed by atoms with Crippen LogP contribution in [0.4, 0.5) is 11.5 Å². The van der Waals surface area contributed by atoms with Crippen LogP contribution in [0.15, 0.2) is 65.7 Å². The van der Waals surface area contributed by atoms with E-state index in [2.05, 4.69) is 26.8 Å². The van der Waals surface area contributed by atoms with Crippen LogP contribution >= 0.6 is 11.6 Å². The third kappa shape index (κ3) is 5.61. The van der Waals surface area contributed by atoms with Gasteiger partial charge in [-0.3, -0.25) is 9.59 Å². The van der Waals surface area contributed by atoms with E-state index in [1.54, 1.807) is 32.6 Å². The van der Waals surface area contributed by atoms with Crippen molar-refractivity contribution in [2.24, 2.45) is 24.8 Å². The van der Waals surface area contributed by atoms with E-state index in [0.29, 0.717) is 33.9 Å². The lowest BCUT2D eigenvalue weighted by molar-refractivity contribution is -0.139. The van der Waals surface area contributed by atoms with E-state index < -0.39 is 5.97 Å². The molecule has 3 aliphatic rings. The minimum absolute atomic E-state index is 0.00810. The number of carboxylic acid groups (broad SMARTS) is 1. The molecule has 1 aliphatic heterocycles. The zero-order valence-electron chi connectivity index (χ0n) is 26.4. The number of methoxy groups -OCH3 is 1. The molecule has 2 unspecified atom stereocenters. The number of ether oxygens (including phenoxy) is 1. The first-order chi connectivity index (χ1) is 22.8. The Morgan fingerprint density at radius 1 is 1.09 bits per heavy atom. The second-order valence-corrected chi connectivity index (χ2v) is 12.7. The van der Waals surface area contributed by atoms with E-state index >= 15 is 0 Å². The normalized spacial score (nSPS) is 19.0. The Bertz CT molecular complexity index is 2090. The van der Waals surface area contributed by atoms with Crippen molar-refractivity contribution in [2.45, 2.75) is 26.2 Å². The molecule has 0 amide bonds. The van der Waals surface area contributed by atoms with Crippen molar-refractivity contribution in [1.29, 1.82) is 0 Å². The molecule has 4 heterocycles. The molecular weight excluding hydrogens is 616 g/mol. The van der Waals surface area contributed by atoms with Crippen molar-refractivity contribution in [3.05, 3.63) is 93.0 Å². The number of aliphatic carboxylic acids is 1. The van der Waals surface area contributed by atoms with Crippen LogP contribution < -0.4 is 20.9 Å². The number of halogens is 1. The molecular formula is C36H35ClN6O4. The third-order valence-corrected chi connectivity index (χ3v) is 10.0. The highest BCUT2D eigenvalue weighted by atomic mass is 35.5. The molecule has 0 bridgehead atoms. The van der Waals surface area contributed by atoms with Gasteiger partial charge in [0.1, 0.15) is 5.82 Å². The van der Waals surface area contributed by atoms with Crippen molar-refractivity contribution in [1.82, 2.24) is 25.1 Å². The zero-order chi connectivity index (χ0) is 32.8. The van der Waals surface area contributed by atoms with E-state index in [4.69, 9.17) is 26.4 Å². The number of carboxylic acids is 1. The number of pyridine rings is 2. The van der Waals surface area contributed by atoms with Crippen LogP contribution in [0.25, 0.3) is 33.2 Å². The van der Waals surface area contributed by atoms with E-state index in [9.17, 15) is 9.59 Å². The van der Waals surface area contributed by atoms with Crippen LogP contribution in [0.5, 0.6) is 5.88 Å². The number of benzene rings is 2. The Hall–Kier alpha value is -4.80. The average molecular weight is 651 g/mol. The number of fused-ring (bicyclic) bond motifs is 3. The molecule has 240 valence electrons. The summed E-state index contributed by atoms with van der Waals surface area (Å²) < 4.78 is 6.93. The predicted molar refractivity (Wildman–Crippen MR) is 182 cm³/mol. The maximum Gasteiger partial charge on any atom is 0.307 e. The second-order valence-electron chi connectivity index (χ2n) is 12.3. The maximum absolute atomic E-state index is 12.8. The largest absolute Gasteiger partial charge is 0.481 e. The quantitative estimate of drug-likeness (QED) is 0.209. The number of nitrogens with one attached hydrogen (secondary N) is 2. The van der Waals surface area contributed by atoms with Crippen LogP contribution in [0.3, 0.4) is 0 Å². The predicted octanol–water partition coefficient (Wildman–Crippen LogP) is 5.80. The number of rotatable bonds is 6. The van der Waals surface area contributed by atoms with Gasteiger partial charge in [0.25, 0.3) is 5.56 Å². The Kier molecular flexibility index (Phi) is 8.15. The SMILES string of the molecule is COc1nc(-c2cccc(-c3cccc(Nc4nccc5cnn(C)c(=O)c45)c3C)c2Cl)cc2c1CCC2.O=C(O)C1C2CNCC21. The van der Waals surface area contributed by atoms with Crippen molar-refractivity contribution in [3.8, 4) is 28.3 Å². The molecule has 11 heteroatoms. The molecule has 2 aliphatic carbocycles. The van der Waals surface area contributed by atoms with Gasteiger partial charge in [-0.1, -0.05) is 41.9 Å². The first-order valence-corrected chi connectivity index (χ1v) is 16.1. The van der Waals surface area contributed by atoms with Crippen LogP contribution in [-0.2, 0) is 24.7 Å². The average Bonchev–Trinajstić information content (AvgIpc) is 3.35. The molecule has 10 nitrogen and oxygen atoms in total. The van der Waals surface area contributed by atoms with Gasteiger partial charge >= 0.3 is 5.97 Å². The number of aromatic nitrogens is 4. The van der Waals surface area contributed by atoms with Crippen LogP contribution in [0.2, 0.25) is 5.02 Å². The molecule has 2 aromatic carbocycles. The molecule has 1 saturated carbocycles. The van der Waals surface area contributed by atoms with Gasteiger partial charge in [0.15, 0.2) is 0 Å². The molecule has 5 aromatic rings. The fourth-order valence-electron chi connectivity index (χ4n) is 7.03. The fourth-order valence-corrected chi connectivity index (χ4v) is 7.36. The summed E-state index contributed by atoms with van der Waals surface area (Å²) in [7, 11) is 3.30. The van der Waals surface area contributed by atoms with E-state index in [0.717, 1.165) is 71.4 Å². The highest BCUT2D eigenvalue weighted by Gasteiger charge is 2.57. The highest BCUT2D eigenvalue weighted by molar-refractivity contribution is 6.36. The molecule has 3 N–H and O–H groups in total. The minimum Gasteiger partial charge on any atom is -0.481 e. The fraction of sp³-hybridized carbons (Fsp3) is 0.306. The van der Waals surface area contributed by atoms with E-state index in [1.165, 1.54) is 15.8 Å². The van der Waals surface area contributed by atoms with Crippen molar-refractivity contribution in [3.63, 3.8) is 0 Å². The summed E-state index contributed by atoms with van der Waals surface area (Å²) in [5.74, 6) is 1.48. The van der Waals surface area contributed by atoms with Crippen molar-refractivity contribution >= 4 is 39.8 Å². The second kappa shape index (κ2) is 12.4. The van der Waals surface area contributed by atoms with Crippen molar-refractivity contribution < 1.29 is 14.6 Å². The maximum atomic E-state index is 12.8. The van der Waals surface area contributed by atoms with Gasteiger partial charge in [-0.15, -0.1) is 0 Å². The summed E-state index contributed by atoms with van der Waals surface area (Å²) in [4.78, 5) is 32.5. The Morgan fingerprint density at radius 3 is 2.57 bits per heavy atom. The van der Waals surface area contributed by atoms with Gasteiger partial charge in [-0.2, -0.15) is 5.10 Å². The van der Waals surface area contributed by atoms with Gasteiger partial charge in [-0.05, 0) is 86.0 Å². The molecule has 3 aromatic heterocycles. The van der Waals surface area contributed by atoms with Gasteiger partial charge in [-0.25, -0.2) is 14.6 Å². The molecule has 1 saturated heterocycles. The number of aryl methyl sites for hydroxylation is 2. The summed E-state index contributed by atoms with van der Waals surface area (Å²) in [5, 5.41) is 21.0. The van der Waals surface area contributed by atoms with Crippen molar-refractivity contribution in [2.75, 3.05) is 25.5 Å². The summed E-state index contributed by atoms with van der Waals surface area (Å²) in [6.07, 6.45) is 6.46. The number of anilines is 2. The minimum atomic E-state index is -0.605. The summed E-state index contributed by atoms with van der Waals surface area (Å²) in [5.41, 5.74) is 7.64. The molecule has 2 atom stereocenters. The lowest BCUT2D eigenvalue weighted by Crippen LogP contribution is -2.20. The first-order valence-electron chi connectivity index (χ1n) is 15.7. The van der Waals surface area contributed by atoms with Gasteiger partial charge in [0.05, 0.1) is 35.3 Å². The summed E-state index contributed by atoms with van der Waals surface area (Å²) >= 11 is 7.06. The molecule has 8 rings (SSSR count). The monoisotopic (exact) mass is 650 g/mol. The lowest BCUT2D eigenvalue weighted by Gasteiger charge is -2.17. The zero-order valence-corrected chi connectivity index (χ0v) is 27.1. The smallest absolute Gasteiger partial charge is 0.307 e. The van der Waals surface area contributed by atoms with Crippen LogP contribution in [-0.4, -0.2) is 51.0 Å². The molecule has 47 heavy (non-hydrogen) atoms. The van der Waals surface area contributed by atoms with Gasteiger partial charge in [0.2, 0.25) is 5.88 Å². The summed E-state index contributed by atoms with van der Waals surface area (Å²) in [6.45, 7) is 3.87. The summed E-state index contributed by atoms with van der Waals surface area (Å²) in [6, 6.07) is 15.9. The van der Waals surface area contributed by atoms with Gasteiger partial charge < -0.3 is 20.5 Å². The van der Waals surface area contributed by atoms with E-state index in [-0.39, 0.29) is 11.5 Å². The number of piperidine rings is 1.